The first kappa shape index (κ1) is 15.7. The monoisotopic (exact) mass is 320 g/mol. The van der Waals surface area contributed by atoms with Crippen molar-refractivity contribution in [2.24, 2.45) is 0 Å². The molecule has 114 valence electrons. The molecule has 0 radical (unpaired) electrons. The van der Waals surface area contributed by atoms with Crippen LogP contribution in [0.25, 0.3) is 0 Å². The summed E-state index contributed by atoms with van der Waals surface area (Å²) in [5.41, 5.74) is 0.942. The van der Waals surface area contributed by atoms with E-state index in [9.17, 15) is 19.8 Å². The average molecular weight is 321 g/mol. The van der Waals surface area contributed by atoms with Gasteiger partial charge >= 0.3 is 11.8 Å². The van der Waals surface area contributed by atoms with Crippen LogP contribution in [0.15, 0.2) is 36.4 Å². The van der Waals surface area contributed by atoms with Crippen molar-refractivity contribution in [1.29, 1.82) is 0 Å². The third kappa shape index (κ3) is 3.67. The highest BCUT2D eigenvalue weighted by Crippen LogP contribution is 2.27. The van der Waals surface area contributed by atoms with E-state index in [-0.39, 0.29) is 22.9 Å². The molecule has 7 heteroatoms. The van der Waals surface area contributed by atoms with E-state index >= 15 is 0 Å². The smallest absolute Gasteiger partial charge is 0.314 e. The van der Waals surface area contributed by atoms with Gasteiger partial charge in [0.15, 0.2) is 0 Å². The van der Waals surface area contributed by atoms with Gasteiger partial charge in [-0.3, -0.25) is 9.59 Å². The van der Waals surface area contributed by atoms with Crippen molar-refractivity contribution in [3.63, 3.8) is 0 Å². The van der Waals surface area contributed by atoms with Gasteiger partial charge in [0.05, 0.1) is 11.4 Å². The first-order valence-electron chi connectivity index (χ1n) is 6.27. The Morgan fingerprint density at radius 2 is 1.41 bits per heavy atom. The highest BCUT2D eigenvalue weighted by Gasteiger charge is 2.17. The molecule has 0 atom stereocenters. The van der Waals surface area contributed by atoms with Crippen molar-refractivity contribution in [2.45, 2.75) is 6.92 Å². The minimum absolute atomic E-state index is 0.0149. The van der Waals surface area contributed by atoms with Crippen molar-refractivity contribution in [3.05, 3.63) is 47.0 Å². The van der Waals surface area contributed by atoms with Crippen LogP contribution in [0.1, 0.15) is 5.56 Å². The Balaban J connectivity index is 2.11. The number of aromatic hydroxyl groups is 2. The quantitative estimate of drug-likeness (QED) is 0.505. The number of halogens is 1. The van der Waals surface area contributed by atoms with E-state index in [2.05, 4.69) is 10.6 Å². The zero-order valence-electron chi connectivity index (χ0n) is 11.6. The van der Waals surface area contributed by atoms with E-state index in [0.717, 1.165) is 5.56 Å². The topological polar surface area (TPSA) is 98.7 Å². The molecule has 4 N–H and O–H groups in total. The Bertz CT molecular complexity index is 683. The number of amides is 2. The number of carbonyl (C=O) groups excluding carboxylic acids is 2. The van der Waals surface area contributed by atoms with Crippen molar-refractivity contribution in [3.8, 4) is 11.5 Å². The standard InChI is InChI=1S/C15H13ClN2O4/c1-8-2-4-12(19)10(6-8)17-14(21)15(22)18-11-7-9(16)3-5-13(11)20/h2-7,19-20H,1H3,(H,17,21)(H,18,22). The van der Waals surface area contributed by atoms with Crippen LogP contribution in [0, 0.1) is 6.92 Å². The van der Waals surface area contributed by atoms with Gasteiger partial charge in [-0.2, -0.15) is 0 Å². The minimum atomic E-state index is -1.00. The maximum Gasteiger partial charge on any atom is 0.314 e. The van der Waals surface area contributed by atoms with Crippen LogP contribution >= 0.6 is 11.6 Å². The molecule has 0 spiro atoms. The maximum atomic E-state index is 11.8. The lowest BCUT2D eigenvalue weighted by Gasteiger charge is -2.09. The fourth-order valence-corrected chi connectivity index (χ4v) is 1.89. The molecule has 2 aromatic carbocycles. The largest absolute Gasteiger partial charge is 0.506 e. The number of anilines is 2. The molecule has 0 unspecified atom stereocenters. The molecule has 0 fully saturated rings. The molecule has 0 aliphatic heterocycles. The number of nitrogens with one attached hydrogen (secondary N) is 2. The van der Waals surface area contributed by atoms with E-state index in [1.165, 1.54) is 30.3 Å². The highest BCUT2D eigenvalue weighted by molar-refractivity contribution is 6.44. The number of phenolic OH excluding ortho intramolecular Hbond substituents is 2. The molecule has 0 aliphatic rings. The molecule has 0 aliphatic carbocycles. The Labute approximate surface area is 131 Å². The molecule has 0 aromatic heterocycles. The molecule has 2 rings (SSSR count). The van der Waals surface area contributed by atoms with Gasteiger partial charge in [-0.05, 0) is 42.8 Å². The summed E-state index contributed by atoms with van der Waals surface area (Å²) in [4.78, 5) is 23.6. The van der Waals surface area contributed by atoms with E-state index in [0.29, 0.717) is 5.02 Å². The van der Waals surface area contributed by atoms with Gasteiger partial charge in [0.1, 0.15) is 11.5 Å². The van der Waals surface area contributed by atoms with Crippen LogP contribution in [-0.2, 0) is 9.59 Å². The SMILES string of the molecule is Cc1ccc(O)c(NC(=O)C(=O)Nc2cc(Cl)ccc2O)c1. The maximum absolute atomic E-state index is 11.8. The van der Waals surface area contributed by atoms with Crippen LogP contribution < -0.4 is 10.6 Å². The van der Waals surface area contributed by atoms with Crippen molar-refractivity contribution in [1.82, 2.24) is 0 Å². The number of aryl methyl sites for hydroxylation is 1. The fourth-order valence-electron chi connectivity index (χ4n) is 1.72. The van der Waals surface area contributed by atoms with Crippen LogP contribution in [0.3, 0.4) is 0 Å². The number of rotatable bonds is 2. The second kappa shape index (κ2) is 6.36. The molecule has 2 amide bonds. The summed E-state index contributed by atoms with van der Waals surface area (Å²) < 4.78 is 0. The van der Waals surface area contributed by atoms with Gasteiger partial charge < -0.3 is 20.8 Å². The van der Waals surface area contributed by atoms with Crippen LogP contribution in [0.5, 0.6) is 11.5 Å². The van der Waals surface area contributed by atoms with E-state index in [1.807, 2.05) is 0 Å². The number of benzene rings is 2. The fraction of sp³-hybridized carbons (Fsp3) is 0.0667. The predicted octanol–water partition coefficient (Wildman–Crippen LogP) is 2.64. The molecule has 0 bridgehead atoms. The van der Waals surface area contributed by atoms with E-state index in [4.69, 9.17) is 11.6 Å². The molecular formula is C15H13ClN2O4. The summed E-state index contributed by atoms with van der Waals surface area (Å²) in [6.45, 7) is 1.78. The van der Waals surface area contributed by atoms with Crippen LogP contribution in [0.2, 0.25) is 5.02 Å². The van der Waals surface area contributed by atoms with E-state index < -0.39 is 11.8 Å². The number of carbonyl (C=O) groups is 2. The summed E-state index contributed by atoms with van der Waals surface area (Å²) in [5.74, 6) is -2.36. The summed E-state index contributed by atoms with van der Waals surface area (Å²) in [7, 11) is 0. The lowest BCUT2D eigenvalue weighted by molar-refractivity contribution is -0.133. The van der Waals surface area contributed by atoms with Crippen molar-refractivity contribution in [2.75, 3.05) is 10.6 Å². The lowest BCUT2D eigenvalue weighted by Crippen LogP contribution is -2.29. The van der Waals surface area contributed by atoms with Crippen molar-refractivity contribution >= 4 is 34.8 Å². The molecule has 2 aromatic rings. The summed E-state index contributed by atoms with van der Waals surface area (Å²) in [5, 5.41) is 24.0. The average Bonchev–Trinajstić information content (AvgIpc) is 2.46. The predicted molar refractivity (Wildman–Crippen MR) is 83.2 cm³/mol. The Morgan fingerprint density at radius 3 is 2.00 bits per heavy atom. The Morgan fingerprint density at radius 1 is 0.909 bits per heavy atom. The number of phenols is 2. The zero-order chi connectivity index (χ0) is 16.3. The molecule has 0 saturated heterocycles. The minimum Gasteiger partial charge on any atom is -0.506 e. The Kier molecular flexibility index (Phi) is 4.53. The second-order valence-electron chi connectivity index (χ2n) is 4.59. The van der Waals surface area contributed by atoms with Gasteiger partial charge in [-0.15, -0.1) is 0 Å². The first-order chi connectivity index (χ1) is 10.4. The zero-order valence-corrected chi connectivity index (χ0v) is 12.3. The van der Waals surface area contributed by atoms with Gasteiger partial charge in [0, 0.05) is 5.02 Å². The summed E-state index contributed by atoms with van der Waals surface area (Å²) in [6.07, 6.45) is 0. The number of hydrogen-bond acceptors (Lipinski definition) is 4. The van der Waals surface area contributed by atoms with Gasteiger partial charge in [-0.1, -0.05) is 17.7 Å². The van der Waals surface area contributed by atoms with E-state index in [1.54, 1.807) is 13.0 Å². The van der Waals surface area contributed by atoms with Gasteiger partial charge in [0.2, 0.25) is 0 Å². The first-order valence-corrected chi connectivity index (χ1v) is 6.65. The Hall–Kier alpha value is -2.73. The van der Waals surface area contributed by atoms with Crippen LogP contribution in [-0.4, -0.2) is 22.0 Å². The molecule has 0 heterocycles. The highest BCUT2D eigenvalue weighted by atomic mass is 35.5. The second-order valence-corrected chi connectivity index (χ2v) is 5.03. The van der Waals surface area contributed by atoms with Gasteiger partial charge in [0.25, 0.3) is 0 Å². The molecule has 0 saturated carbocycles. The van der Waals surface area contributed by atoms with Crippen molar-refractivity contribution < 1.29 is 19.8 Å². The van der Waals surface area contributed by atoms with Gasteiger partial charge in [-0.25, -0.2) is 0 Å². The normalized spacial score (nSPS) is 10.1. The summed E-state index contributed by atoms with van der Waals surface area (Å²) in [6, 6.07) is 8.64. The number of hydrogen-bond donors (Lipinski definition) is 4. The summed E-state index contributed by atoms with van der Waals surface area (Å²) >= 11 is 5.75. The molecule has 22 heavy (non-hydrogen) atoms. The third-order valence-corrected chi connectivity index (χ3v) is 3.05. The lowest BCUT2D eigenvalue weighted by atomic mass is 10.2. The molecular weight excluding hydrogens is 308 g/mol. The molecule has 6 nitrogen and oxygen atoms in total. The van der Waals surface area contributed by atoms with Crippen LogP contribution in [0.4, 0.5) is 11.4 Å². The third-order valence-electron chi connectivity index (χ3n) is 2.81.